The number of benzene rings is 1. The van der Waals surface area contributed by atoms with Crippen LogP contribution in [0.2, 0.25) is 0 Å². The zero-order valence-corrected chi connectivity index (χ0v) is 12.0. The molecular weight excluding hydrogens is 294 g/mol. The van der Waals surface area contributed by atoms with Gasteiger partial charge in [0.1, 0.15) is 0 Å². The molecule has 0 spiro atoms. The quantitative estimate of drug-likeness (QED) is 0.917. The first-order valence-corrected chi connectivity index (χ1v) is 6.55. The molecule has 5 heteroatoms. The number of aromatic nitrogens is 2. The predicted molar refractivity (Wildman–Crippen MR) is 76.2 cm³/mol. The van der Waals surface area contributed by atoms with Crippen molar-refractivity contribution in [2.75, 3.05) is 19.0 Å². The van der Waals surface area contributed by atoms with Crippen LogP contribution in [0.4, 0.5) is 11.6 Å². The third kappa shape index (κ3) is 2.91. The van der Waals surface area contributed by atoms with Gasteiger partial charge in [0.15, 0.2) is 0 Å². The van der Waals surface area contributed by atoms with Crippen LogP contribution in [-0.2, 0) is 4.74 Å². The van der Waals surface area contributed by atoms with Crippen molar-refractivity contribution in [1.29, 1.82) is 0 Å². The van der Waals surface area contributed by atoms with Crippen molar-refractivity contribution in [2.45, 2.75) is 13.0 Å². The number of hydrogen-bond donors (Lipinski definition) is 1. The molecule has 1 N–H and O–H groups in total. The van der Waals surface area contributed by atoms with Crippen molar-refractivity contribution in [3.05, 3.63) is 41.1 Å². The maximum absolute atomic E-state index is 5.17. The SMILES string of the molecule is COCC(C)n1ccnc1Nc1ccccc1Br. The summed E-state index contributed by atoms with van der Waals surface area (Å²) in [5.41, 5.74) is 0.995. The molecule has 0 amide bonds. The zero-order chi connectivity index (χ0) is 13.0. The number of methoxy groups -OCH3 is 1. The van der Waals surface area contributed by atoms with E-state index in [2.05, 4.69) is 37.7 Å². The van der Waals surface area contributed by atoms with Gasteiger partial charge in [0.25, 0.3) is 0 Å². The molecule has 0 aliphatic carbocycles. The summed E-state index contributed by atoms with van der Waals surface area (Å²) in [5.74, 6) is 0.812. The number of anilines is 2. The largest absolute Gasteiger partial charge is 0.383 e. The summed E-state index contributed by atoms with van der Waals surface area (Å²) in [7, 11) is 1.70. The molecule has 0 bridgehead atoms. The number of halogens is 1. The van der Waals surface area contributed by atoms with Crippen LogP contribution >= 0.6 is 15.9 Å². The highest BCUT2D eigenvalue weighted by atomic mass is 79.9. The van der Waals surface area contributed by atoms with Crippen molar-refractivity contribution >= 4 is 27.6 Å². The lowest BCUT2D eigenvalue weighted by atomic mass is 10.3. The van der Waals surface area contributed by atoms with Crippen LogP contribution in [0.15, 0.2) is 41.1 Å². The summed E-state index contributed by atoms with van der Waals surface area (Å²) in [4.78, 5) is 4.33. The summed E-state index contributed by atoms with van der Waals surface area (Å²) in [6.07, 6.45) is 3.73. The number of hydrogen-bond acceptors (Lipinski definition) is 3. The average molecular weight is 310 g/mol. The fraction of sp³-hybridized carbons (Fsp3) is 0.308. The first kappa shape index (κ1) is 13.1. The van der Waals surface area contributed by atoms with E-state index in [0.29, 0.717) is 6.61 Å². The second-order valence-corrected chi connectivity index (χ2v) is 4.92. The van der Waals surface area contributed by atoms with Gasteiger partial charge < -0.3 is 14.6 Å². The van der Waals surface area contributed by atoms with E-state index in [4.69, 9.17) is 4.74 Å². The van der Waals surface area contributed by atoms with Crippen molar-refractivity contribution in [3.63, 3.8) is 0 Å². The van der Waals surface area contributed by atoms with E-state index in [9.17, 15) is 0 Å². The standard InChI is InChI=1S/C13H16BrN3O/c1-10(9-18-2)17-8-7-15-13(17)16-12-6-4-3-5-11(12)14/h3-8,10H,9H2,1-2H3,(H,15,16). The zero-order valence-electron chi connectivity index (χ0n) is 10.4. The minimum atomic E-state index is 0.238. The third-order valence-electron chi connectivity index (χ3n) is 2.67. The van der Waals surface area contributed by atoms with E-state index in [1.807, 2.05) is 30.5 Å². The molecule has 1 aromatic heterocycles. The van der Waals surface area contributed by atoms with E-state index in [0.717, 1.165) is 16.1 Å². The molecule has 0 radical (unpaired) electrons. The number of ether oxygens (including phenoxy) is 1. The van der Waals surface area contributed by atoms with Crippen LogP contribution in [0.5, 0.6) is 0 Å². The topological polar surface area (TPSA) is 39.1 Å². The maximum atomic E-state index is 5.17. The molecule has 0 saturated heterocycles. The Morgan fingerprint density at radius 3 is 2.94 bits per heavy atom. The van der Waals surface area contributed by atoms with E-state index < -0.39 is 0 Å². The Morgan fingerprint density at radius 2 is 2.22 bits per heavy atom. The van der Waals surface area contributed by atoms with Crippen LogP contribution in [0.1, 0.15) is 13.0 Å². The van der Waals surface area contributed by atoms with Crippen molar-refractivity contribution in [2.24, 2.45) is 0 Å². The molecule has 1 heterocycles. The Hall–Kier alpha value is -1.33. The molecule has 1 atom stereocenters. The highest BCUT2D eigenvalue weighted by Gasteiger charge is 2.10. The van der Waals surface area contributed by atoms with Gasteiger partial charge in [-0.05, 0) is 35.0 Å². The lowest BCUT2D eigenvalue weighted by Gasteiger charge is -2.16. The Kier molecular flexibility index (Phi) is 4.38. The number of rotatable bonds is 5. The minimum Gasteiger partial charge on any atom is -0.383 e. The summed E-state index contributed by atoms with van der Waals surface area (Å²) in [5, 5.41) is 3.31. The van der Waals surface area contributed by atoms with Gasteiger partial charge in [-0.2, -0.15) is 0 Å². The Labute approximate surface area is 115 Å². The summed E-state index contributed by atoms with van der Waals surface area (Å²) >= 11 is 3.51. The van der Waals surface area contributed by atoms with Gasteiger partial charge in [0, 0.05) is 24.0 Å². The summed E-state index contributed by atoms with van der Waals surface area (Å²) in [6.45, 7) is 2.75. The van der Waals surface area contributed by atoms with Crippen molar-refractivity contribution in [3.8, 4) is 0 Å². The monoisotopic (exact) mass is 309 g/mol. The number of imidazole rings is 1. The van der Waals surface area contributed by atoms with Gasteiger partial charge in [0.05, 0.1) is 18.3 Å². The smallest absolute Gasteiger partial charge is 0.207 e. The number of para-hydroxylation sites is 1. The van der Waals surface area contributed by atoms with E-state index in [1.165, 1.54) is 0 Å². The van der Waals surface area contributed by atoms with E-state index in [-0.39, 0.29) is 6.04 Å². The normalized spacial score (nSPS) is 12.4. The van der Waals surface area contributed by atoms with Crippen LogP contribution in [0.25, 0.3) is 0 Å². The molecule has 0 fully saturated rings. The fourth-order valence-corrected chi connectivity index (χ4v) is 2.15. The van der Waals surface area contributed by atoms with Gasteiger partial charge in [-0.3, -0.25) is 0 Å². The molecule has 0 aliphatic rings. The number of nitrogens with one attached hydrogen (secondary N) is 1. The summed E-state index contributed by atoms with van der Waals surface area (Å²) < 4.78 is 8.24. The van der Waals surface area contributed by atoms with Crippen LogP contribution in [-0.4, -0.2) is 23.3 Å². The Bertz CT molecular complexity index is 512. The van der Waals surface area contributed by atoms with Gasteiger partial charge in [-0.1, -0.05) is 12.1 Å². The van der Waals surface area contributed by atoms with Gasteiger partial charge >= 0.3 is 0 Å². The molecule has 96 valence electrons. The lowest BCUT2D eigenvalue weighted by molar-refractivity contribution is 0.163. The molecule has 0 aliphatic heterocycles. The minimum absolute atomic E-state index is 0.238. The molecule has 1 aromatic carbocycles. The molecule has 2 rings (SSSR count). The Morgan fingerprint density at radius 1 is 1.44 bits per heavy atom. The first-order valence-electron chi connectivity index (χ1n) is 5.75. The lowest BCUT2D eigenvalue weighted by Crippen LogP contribution is -2.12. The molecule has 2 aromatic rings. The van der Waals surface area contributed by atoms with Crippen molar-refractivity contribution in [1.82, 2.24) is 9.55 Å². The van der Waals surface area contributed by atoms with Gasteiger partial charge in [0.2, 0.25) is 5.95 Å². The fourth-order valence-electron chi connectivity index (χ4n) is 1.77. The van der Waals surface area contributed by atoms with E-state index in [1.54, 1.807) is 13.3 Å². The second kappa shape index (κ2) is 6.02. The average Bonchev–Trinajstić information content (AvgIpc) is 2.81. The van der Waals surface area contributed by atoms with Crippen LogP contribution in [0, 0.1) is 0 Å². The second-order valence-electron chi connectivity index (χ2n) is 4.07. The summed E-state index contributed by atoms with van der Waals surface area (Å²) in [6, 6.07) is 8.20. The van der Waals surface area contributed by atoms with Gasteiger partial charge in [-0.15, -0.1) is 0 Å². The van der Waals surface area contributed by atoms with Crippen LogP contribution < -0.4 is 5.32 Å². The highest BCUT2D eigenvalue weighted by Crippen LogP contribution is 2.25. The predicted octanol–water partition coefficient (Wildman–Crippen LogP) is 3.60. The molecule has 18 heavy (non-hydrogen) atoms. The molecule has 1 unspecified atom stereocenters. The maximum Gasteiger partial charge on any atom is 0.207 e. The van der Waals surface area contributed by atoms with Crippen molar-refractivity contribution < 1.29 is 4.74 Å². The third-order valence-corrected chi connectivity index (χ3v) is 3.36. The van der Waals surface area contributed by atoms with E-state index >= 15 is 0 Å². The number of nitrogens with zero attached hydrogens (tertiary/aromatic N) is 2. The Balaban J connectivity index is 2.20. The first-order chi connectivity index (χ1) is 8.72. The molecule has 4 nitrogen and oxygen atoms in total. The molecule has 0 saturated carbocycles. The van der Waals surface area contributed by atoms with Crippen LogP contribution in [0.3, 0.4) is 0 Å². The molecular formula is C13H16BrN3O. The van der Waals surface area contributed by atoms with Gasteiger partial charge in [-0.25, -0.2) is 4.98 Å². The highest BCUT2D eigenvalue weighted by molar-refractivity contribution is 9.10.